The van der Waals surface area contributed by atoms with Gasteiger partial charge in [0.1, 0.15) is 0 Å². The molecule has 0 spiro atoms. The van der Waals surface area contributed by atoms with Gasteiger partial charge in [-0.15, -0.1) is 0 Å². The van der Waals surface area contributed by atoms with Gasteiger partial charge in [-0.05, 0) is 0 Å². The average Bonchev–Trinajstić information content (AvgIpc) is 1.86. The molecular formula is C4H2F7O. The fourth-order valence-electron chi connectivity index (χ4n) is 0.294. The van der Waals surface area contributed by atoms with Crippen LogP contribution in [-0.2, 0) is 5.11 Å². The van der Waals surface area contributed by atoms with Crippen molar-refractivity contribution in [3.05, 3.63) is 0 Å². The molecule has 1 atom stereocenters. The number of alkyl halides is 7. The van der Waals surface area contributed by atoms with Gasteiger partial charge >= 0.3 is 24.6 Å². The molecule has 1 unspecified atom stereocenters. The fourth-order valence-corrected chi connectivity index (χ4v) is 0.294. The van der Waals surface area contributed by atoms with Crippen LogP contribution in [0.25, 0.3) is 0 Å². The topological polar surface area (TPSA) is 19.9 Å². The van der Waals surface area contributed by atoms with Gasteiger partial charge in [0, 0.05) is 0 Å². The summed E-state index contributed by atoms with van der Waals surface area (Å²) in [5.74, 6) is -11.6. The molecule has 73 valence electrons. The molecule has 12 heavy (non-hydrogen) atoms. The Bertz CT molecular complexity index is 135. The molecule has 0 aromatic rings. The van der Waals surface area contributed by atoms with Crippen LogP contribution in [0.1, 0.15) is 0 Å². The Morgan fingerprint density at radius 1 is 0.833 bits per heavy atom. The van der Waals surface area contributed by atoms with Gasteiger partial charge in [0.15, 0.2) is 0 Å². The van der Waals surface area contributed by atoms with Gasteiger partial charge in [-0.25, -0.2) is 17.6 Å². The van der Waals surface area contributed by atoms with Crippen LogP contribution in [0.2, 0.25) is 0 Å². The van der Waals surface area contributed by atoms with E-state index in [1.165, 1.54) is 0 Å². The van der Waals surface area contributed by atoms with E-state index in [1.807, 2.05) is 0 Å². The van der Waals surface area contributed by atoms with Gasteiger partial charge < -0.3 is 0 Å². The van der Waals surface area contributed by atoms with Crippen molar-refractivity contribution in [3.8, 4) is 0 Å². The van der Waals surface area contributed by atoms with E-state index in [-0.39, 0.29) is 0 Å². The van der Waals surface area contributed by atoms with E-state index in [9.17, 15) is 35.8 Å². The molecular weight excluding hydrogens is 197 g/mol. The van der Waals surface area contributed by atoms with Gasteiger partial charge in [-0.3, -0.25) is 0 Å². The van der Waals surface area contributed by atoms with E-state index < -0.39 is 24.6 Å². The highest BCUT2D eigenvalue weighted by Gasteiger charge is 2.67. The minimum atomic E-state index is -5.89. The monoisotopic (exact) mass is 199 g/mol. The standard InChI is InChI=1S/C4H2F7O/c5-1(6)3(9,10)4(11,12)2(7)8/h1-2H. The van der Waals surface area contributed by atoms with E-state index in [4.69, 9.17) is 0 Å². The van der Waals surface area contributed by atoms with E-state index in [2.05, 4.69) is 0 Å². The minimum absolute atomic E-state index is 4.71. The minimum Gasteiger partial charge on any atom is -0.204 e. The van der Waals surface area contributed by atoms with Crippen molar-refractivity contribution in [2.45, 2.75) is 24.6 Å². The summed E-state index contributed by atoms with van der Waals surface area (Å²) in [7, 11) is 0. The quantitative estimate of drug-likeness (QED) is 0.621. The molecule has 0 amide bonds. The summed E-state index contributed by atoms with van der Waals surface area (Å²) in [6.07, 6.45) is -9.46. The second kappa shape index (κ2) is 3.08. The molecule has 0 bridgehead atoms. The average molecular weight is 199 g/mol. The zero-order valence-electron chi connectivity index (χ0n) is 5.21. The molecule has 0 aliphatic heterocycles. The van der Waals surface area contributed by atoms with Crippen molar-refractivity contribution in [1.82, 2.24) is 0 Å². The molecule has 0 saturated heterocycles. The summed E-state index contributed by atoms with van der Waals surface area (Å²) in [4.78, 5) is 0. The SMILES string of the molecule is [O]C(F)(C(F)F)C(F)(F)C(F)F. The molecule has 1 radical (unpaired) electrons. The smallest absolute Gasteiger partial charge is 0.204 e. The van der Waals surface area contributed by atoms with Crippen molar-refractivity contribution in [2.24, 2.45) is 0 Å². The summed E-state index contributed by atoms with van der Waals surface area (Å²) in [6, 6.07) is 0. The van der Waals surface area contributed by atoms with E-state index in [0.717, 1.165) is 0 Å². The predicted octanol–water partition coefficient (Wildman–Crippen LogP) is 2.25. The molecule has 0 aromatic heterocycles. The molecule has 0 fully saturated rings. The van der Waals surface area contributed by atoms with Crippen LogP contribution in [0.15, 0.2) is 0 Å². The zero-order chi connectivity index (χ0) is 10.2. The molecule has 0 heterocycles. The lowest BCUT2D eigenvalue weighted by Crippen LogP contribution is -2.53. The maximum atomic E-state index is 11.7. The lowest BCUT2D eigenvalue weighted by molar-refractivity contribution is -0.358. The van der Waals surface area contributed by atoms with Gasteiger partial charge in [0.05, 0.1) is 0 Å². The van der Waals surface area contributed by atoms with Crippen LogP contribution in [-0.4, -0.2) is 24.6 Å². The first kappa shape index (κ1) is 11.5. The second-order valence-electron chi connectivity index (χ2n) is 1.87. The largest absolute Gasteiger partial charge is 0.373 e. The molecule has 1 nitrogen and oxygen atoms in total. The highest BCUT2D eigenvalue weighted by Crippen LogP contribution is 2.40. The Balaban J connectivity index is 4.75. The maximum absolute atomic E-state index is 11.7. The first-order valence-electron chi connectivity index (χ1n) is 2.47. The third-order valence-electron chi connectivity index (χ3n) is 1.01. The van der Waals surface area contributed by atoms with Crippen LogP contribution < -0.4 is 0 Å². The summed E-state index contributed by atoms with van der Waals surface area (Å²) in [5, 5.41) is 9.62. The van der Waals surface area contributed by atoms with Crippen LogP contribution in [0.5, 0.6) is 0 Å². The fraction of sp³-hybridized carbons (Fsp3) is 1.00. The van der Waals surface area contributed by atoms with Crippen molar-refractivity contribution >= 4 is 0 Å². The zero-order valence-corrected chi connectivity index (χ0v) is 5.21. The lowest BCUT2D eigenvalue weighted by atomic mass is 10.1. The van der Waals surface area contributed by atoms with Gasteiger partial charge in [0.25, 0.3) is 0 Å². The second-order valence-corrected chi connectivity index (χ2v) is 1.87. The lowest BCUT2D eigenvalue weighted by Gasteiger charge is -2.24. The Morgan fingerprint density at radius 2 is 1.17 bits per heavy atom. The predicted molar refractivity (Wildman–Crippen MR) is 21.5 cm³/mol. The van der Waals surface area contributed by atoms with Crippen LogP contribution in [0, 0.1) is 0 Å². The highest BCUT2D eigenvalue weighted by molar-refractivity contribution is 4.88. The van der Waals surface area contributed by atoms with Crippen molar-refractivity contribution in [1.29, 1.82) is 0 Å². The molecule has 0 aromatic carbocycles. The normalized spacial score (nSPS) is 18.5. The molecule has 8 heteroatoms. The number of halogens is 7. The van der Waals surface area contributed by atoms with Crippen LogP contribution >= 0.6 is 0 Å². The van der Waals surface area contributed by atoms with Gasteiger partial charge in [-0.2, -0.15) is 18.3 Å². The number of hydrogen-bond acceptors (Lipinski definition) is 0. The van der Waals surface area contributed by atoms with Crippen molar-refractivity contribution in [2.75, 3.05) is 0 Å². The summed E-state index contributed by atoms with van der Waals surface area (Å²) >= 11 is 0. The Morgan fingerprint density at radius 3 is 1.25 bits per heavy atom. The number of hydrogen-bond donors (Lipinski definition) is 0. The first-order valence-corrected chi connectivity index (χ1v) is 2.47. The molecule has 0 aliphatic rings. The molecule has 0 aliphatic carbocycles. The van der Waals surface area contributed by atoms with Gasteiger partial charge in [-0.1, -0.05) is 0 Å². The molecule has 0 saturated carbocycles. The summed E-state index contributed by atoms with van der Waals surface area (Å²) in [5.41, 5.74) is 0. The Kier molecular flexibility index (Phi) is 2.94. The van der Waals surface area contributed by atoms with E-state index in [0.29, 0.717) is 0 Å². The van der Waals surface area contributed by atoms with E-state index >= 15 is 0 Å². The van der Waals surface area contributed by atoms with E-state index in [1.54, 1.807) is 0 Å². The summed E-state index contributed by atoms with van der Waals surface area (Å²) in [6.45, 7) is 0. The first-order chi connectivity index (χ1) is 5.14. The molecule has 0 rings (SSSR count). The Hall–Kier alpha value is -0.530. The van der Waals surface area contributed by atoms with Crippen LogP contribution in [0.3, 0.4) is 0 Å². The van der Waals surface area contributed by atoms with Crippen molar-refractivity contribution < 1.29 is 35.8 Å². The highest BCUT2D eigenvalue weighted by atomic mass is 19.3. The Labute approximate surface area is 61.8 Å². The van der Waals surface area contributed by atoms with Crippen molar-refractivity contribution in [3.63, 3.8) is 0 Å². The third kappa shape index (κ3) is 1.62. The number of rotatable bonds is 3. The van der Waals surface area contributed by atoms with Crippen LogP contribution in [0.4, 0.5) is 30.7 Å². The van der Waals surface area contributed by atoms with Gasteiger partial charge in [0.2, 0.25) is 0 Å². The third-order valence-corrected chi connectivity index (χ3v) is 1.01. The summed E-state index contributed by atoms with van der Waals surface area (Å²) < 4.78 is 79.6. The molecule has 0 N–H and O–H groups in total. The maximum Gasteiger partial charge on any atom is 0.373 e.